The average molecular weight is 242 g/mol. The minimum atomic E-state index is 0.315. The monoisotopic (exact) mass is 242 g/mol. The van der Waals surface area contributed by atoms with E-state index in [4.69, 9.17) is 9.47 Å². The molecule has 0 unspecified atom stereocenters. The third kappa shape index (κ3) is 2.22. The van der Waals surface area contributed by atoms with Crippen LogP contribution in [0.25, 0.3) is 0 Å². The predicted molar refractivity (Wildman–Crippen MR) is 68.9 cm³/mol. The van der Waals surface area contributed by atoms with Gasteiger partial charge in [-0.2, -0.15) is 0 Å². The third-order valence-corrected chi connectivity index (χ3v) is 2.83. The molecule has 3 rings (SSSR count). The van der Waals surface area contributed by atoms with Crippen LogP contribution >= 0.6 is 0 Å². The maximum absolute atomic E-state index is 5.35. The summed E-state index contributed by atoms with van der Waals surface area (Å²) in [5.74, 6) is 1.64. The molecule has 92 valence electrons. The summed E-state index contributed by atoms with van der Waals surface area (Å²) in [5, 5.41) is 3.36. The maximum Gasteiger partial charge on any atom is 0.231 e. The van der Waals surface area contributed by atoms with E-state index in [0.717, 1.165) is 35.0 Å². The number of fused-ring (bicyclic) bond motifs is 1. The summed E-state index contributed by atoms with van der Waals surface area (Å²) in [6.07, 6.45) is 1.80. The summed E-state index contributed by atoms with van der Waals surface area (Å²) in [4.78, 5) is 4.17. The number of rotatable bonds is 3. The molecule has 4 nitrogen and oxygen atoms in total. The first-order valence-electron chi connectivity index (χ1n) is 5.86. The number of aryl methyl sites for hydroxylation is 1. The van der Waals surface area contributed by atoms with Gasteiger partial charge in [0.1, 0.15) is 0 Å². The fraction of sp³-hybridized carbons (Fsp3) is 0.214. The molecule has 1 aromatic carbocycles. The lowest BCUT2D eigenvalue weighted by Gasteiger charge is -2.07. The van der Waals surface area contributed by atoms with Gasteiger partial charge in [-0.15, -0.1) is 0 Å². The lowest BCUT2D eigenvalue weighted by Crippen LogP contribution is -1.99. The molecule has 0 amide bonds. The molecule has 1 N–H and O–H groups in total. The van der Waals surface area contributed by atoms with Crippen LogP contribution in [0.2, 0.25) is 0 Å². The molecular weight excluding hydrogens is 228 g/mol. The zero-order valence-corrected chi connectivity index (χ0v) is 10.1. The second-order valence-corrected chi connectivity index (χ2v) is 4.23. The van der Waals surface area contributed by atoms with Gasteiger partial charge in [-0.3, -0.25) is 4.98 Å². The normalized spacial score (nSPS) is 12.5. The van der Waals surface area contributed by atoms with Crippen LogP contribution in [0.5, 0.6) is 11.5 Å². The van der Waals surface area contributed by atoms with Gasteiger partial charge in [-0.1, -0.05) is 6.07 Å². The van der Waals surface area contributed by atoms with Gasteiger partial charge in [0, 0.05) is 24.1 Å². The Hall–Kier alpha value is -2.23. The van der Waals surface area contributed by atoms with E-state index in [2.05, 4.69) is 10.3 Å². The van der Waals surface area contributed by atoms with E-state index in [1.54, 1.807) is 6.20 Å². The zero-order valence-electron chi connectivity index (χ0n) is 10.1. The lowest BCUT2D eigenvalue weighted by atomic mass is 10.2. The van der Waals surface area contributed by atoms with E-state index in [0.29, 0.717) is 6.79 Å². The Bertz CT molecular complexity index is 569. The first-order chi connectivity index (χ1) is 8.81. The molecule has 18 heavy (non-hydrogen) atoms. The highest BCUT2D eigenvalue weighted by molar-refractivity contribution is 5.47. The molecule has 1 aromatic heterocycles. The van der Waals surface area contributed by atoms with Crippen molar-refractivity contribution in [3.8, 4) is 11.5 Å². The largest absolute Gasteiger partial charge is 0.454 e. The molecule has 0 atom stereocenters. The molecule has 1 aliphatic heterocycles. The molecule has 0 spiro atoms. The Balaban J connectivity index is 1.70. The van der Waals surface area contributed by atoms with Gasteiger partial charge in [0.15, 0.2) is 11.5 Å². The van der Waals surface area contributed by atoms with E-state index in [1.807, 2.05) is 37.3 Å². The molecule has 0 radical (unpaired) electrons. The van der Waals surface area contributed by atoms with E-state index in [1.165, 1.54) is 0 Å². The summed E-state index contributed by atoms with van der Waals surface area (Å²) in [6, 6.07) is 9.96. The van der Waals surface area contributed by atoms with Crippen molar-refractivity contribution in [3.63, 3.8) is 0 Å². The SMILES string of the molecule is Cc1cc(NCc2ccc3c(c2)OCO3)ccn1. The second kappa shape index (κ2) is 4.56. The number of hydrogen-bond donors (Lipinski definition) is 1. The topological polar surface area (TPSA) is 43.4 Å². The Morgan fingerprint density at radius 2 is 2.06 bits per heavy atom. The second-order valence-electron chi connectivity index (χ2n) is 4.23. The van der Waals surface area contributed by atoms with Crippen LogP contribution < -0.4 is 14.8 Å². The predicted octanol–water partition coefficient (Wildman–Crippen LogP) is 2.73. The van der Waals surface area contributed by atoms with Crippen LogP contribution in [0, 0.1) is 6.92 Å². The number of aromatic nitrogens is 1. The Morgan fingerprint density at radius 3 is 2.94 bits per heavy atom. The maximum atomic E-state index is 5.35. The van der Waals surface area contributed by atoms with E-state index in [9.17, 15) is 0 Å². The minimum absolute atomic E-state index is 0.315. The summed E-state index contributed by atoms with van der Waals surface area (Å²) in [6.45, 7) is 3.04. The Labute approximate surface area is 106 Å². The van der Waals surface area contributed by atoms with Crippen molar-refractivity contribution in [3.05, 3.63) is 47.8 Å². The average Bonchev–Trinajstić information content (AvgIpc) is 2.84. The highest BCUT2D eigenvalue weighted by Gasteiger charge is 2.12. The molecule has 2 aromatic rings. The van der Waals surface area contributed by atoms with Crippen LogP contribution in [-0.2, 0) is 6.54 Å². The Morgan fingerprint density at radius 1 is 1.17 bits per heavy atom. The van der Waals surface area contributed by atoms with Gasteiger partial charge in [0.05, 0.1) is 0 Å². The van der Waals surface area contributed by atoms with Gasteiger partial charge in [0.2, 0.25) is 6.79 Å². The number of ether oxygens (including phenoxy) is 2. The van der Waals surface area contributed by atoms with Crippen molar-refractivity contribution < 1.29 is 9.47 Å². The Kier molecular flexibility index (Phi) is 2.76. The lowest BCUT2D eigenvalue weighted by molar-refractivity contribution is 0.174. The van der Waals surface area contributed by atoms with Crippen molar-refractivity contribution in [2.75, 3.05) is 12.1 Å². The number of nitrogens with zero attached hydrogens (tertiary/aromatic N) is 1. The number of pyridine rings is 1. The summed E-state index contributed by atoms with van der Waals surface area (Å²) < 4.78 is 10.6. The molecule has 0 aliphatic carbocycles. The van der Waals surface area contributed by atoms with E-state index in [-0.39, 0.29) is 0 Å². The van der Waals surface area contributed by atoms with E-state index >= 15 is 0 Å². The van der Waals surface area contributed by atoms with Gasteiger partial charge in [-0.25, -0.2) is 0 Å². The summed E-state index contributed by atoms with van der Waals surface area (Å²) >= 11 is 0. The van der Waals surface area contributed by atoms with Crippen LogP contribution in [0.1, 0.15) is 11.3 Å². The highest BCUT2D eigenvalue weighted by Crippen LogP contribution is 2.32. The van der Waals surface area contributed by atoms with Gasteiger partial charge in [-0.05, 0) is 36.8 Å². The van der Waals surface area contributed by atoms with Crippen LogP contribution in [0.15, 0.2) is 36.5 Å². The van der Waals surface area contributed by atoms with Crippen molar-refractivity contribution in [2.45, 2.75) is 13.5 Å². The number of nitrogens with one attached hydrogen (secondary N) is 1. The number of hydrogen-bond acceptors (Lipinski definition) is 4. The van der Waals surface area contributed by atoms with Crippen LogP contribution in [0.4, 0.5) is 5.69 Å². The zero-order chi connectivity index (χ0) is 12.4. The molecule has 0 saturated heterocycles. The fourth-order valence-electron chi connectivity index (χ4n) is 1.91. The fourth-order valence-corrected chi connectivity index (χ4v) is 1.91. The molecule has 0 bridgehead atoms. The molecular formula is C14H14N2O2. The smallest absolute Gasteiger partial charge is 0.231 e. The molecule has 4 heteroatoms. The third-order valence-electron chi connectivity index (χ3n) is 2.83. The van der Waals surface area contributed by atoms with Crippen LogP contribution in [-0.4, -0.2) is 11.8 Å². The van der Waals surface area contributed by atoms with Crippen molar-refractivity contribution in [1.82, 2.24) is 4.98 Å². The first-order valence-corrected chi connectivity index (χ1v) is 5.86. The molecule has 0 fully saturated rings. The van der Waals surface area contributed by atoms with Gasteiger partial charge < -0.3 is 14.8 Å². The quantitative estimate of drug-likeness (QED) is 0.898. The highest BCUT2D eigenvalue weighted by atomic mass is 16.7. The summed E-state index contributed by atoms with van der Waals surface area (Å²) in [7, 11) is 0. The standard InChI is InChI=1S/C14H14N2O2/c1-10-6-12(4-5-15-10)16-8-11-2-3-13-14(7-11)18-9-17-13/h2-7H,8-9H2,1H3,(H,15,16). The molecule has 2 heterocycles. The van der Waals surface area contributed by atoms with Crippen molar-refractivity contribution in [1.29, 1.82) is 0 Å². The molecule has 0 saturated carbocycles. The van der Waals surface area contributed by atoms with Gasteiger partial charge >= 0.3 is 0 Å². The van der Waals surface area contributed by atoms with E-state index < -0.39 is 0 Å². The number of anilines is 1. The van der Waals surface area contributed by atoms with Gasteiger partial charge in [0.25, 0.3) is 0 Å². The molecule has 1 aliphatic rings. The minimum Gasteiger partial charge on any atom is -0.454 e. The van der Waals surface area contributed by atoms with Crippen molar-refractivity contribution in [2.24, 2.45) is 0 Å². The summed E-state index contributed by atoms with van der Waals surface area (Å²) in [5.41, 5.74) is 3.24. The van der Waals surface area contributed by atoms with Crippen LogP contribution in [0.3, 0.4) is 0 Å². The van der Waals surface area contributed by atoms with Crippen molar-refractivity contribution >= 4 is 5.69 Å². The first kappa shape index (κ1) is 10.9. The number of benzene rings is 1.